The van der Waals surface area contributed by atoms with Crippen molar-refractivity contribution in [3.8, 4) is 23.0 Å². The van der Waals surface area contributed by atoms with E-state index in [9.17, 15) is 10.1 Å². The van der Waals surface area contributed by atoms with Gasteiger partial charge in [-0.05, 0) is 38.6 Å². The van der Waals surface area contributed by atoms with Gasteiger partial charge in [-0.25, -0.2) is 4.79 Å². The Balaban J connectivity index is 1.76. The molecule has 0 aliphatic carbocycles. The van der Waals surface area contributed by atoms with E-state index in [2.05, 4.69) is 51.2 Å². The molecule has 5 rings (SSSR count). The van der Waals surface area contributed by atoms with Gasteiger partial charge in [-0.15, -0.1) is 0 Å². The Morgan fingerprint density at radius 1 is 1.06 bits per heavy atom. The van der Waals surface area contributed by atoms with Gasteiger partial charge < -0.3 is 14.9 Å². The van der Waals surface area contributed by atoms with Crippen molar-refractivity contribution in [2.24, 2.45) is 0 Å². The van der Waals surface area contributed by atoms with E-state index in [0.717, 1.165) is 64.8 Å². The highest BCUT2D eigenvalue weighted by atomic mass is 16.1. The van der Waals surface area contributed by atoms with Crippen LogP contribution >= 0.6 is 0 Å². The smallest absolute Gasteiger partial charge is 0.331 e. The van der Waals surface area contributed by atoms with Crippen LogP contribution in [0.3, 0.4) is 0 Å². The van der Waals surface area contributed by atoms with Gasteiger partial charge in [0.2, 0.25) is 0 Å². The molecule has 33 heavy (non-hydrogen) atoms. The van der Waals surface area contributed by atoms with Gasteiger partial charge in [-0.1, -0.05) is 43.3 Å². The standard InChI is InChI=1S/C26H26N6O/c1-3-28-13-8-14-31-16-20(18-9-5-7-12-23(18)31)25-22(15-27)30-26(33)32(25)24-17(2)29-21-11-6-4-10-19(21)24/h4-7,9-12,16,28-29H,3,8,13-14H2,1-2H3,(H,30,33). The molecule has 3 aromatic heterocycles. The SMILES string of the molecule is CCNCCCn1cc(-c2c(C#N)[nH]c(=O)n2-c2c(C)[nH]c3ccccc23)c2ccccc21. The Hall–Kier alpha value is -4.02. The van der Waals surface area contributed by atoms with Crippen LogP contribution in [0.15, 0.2) is 59.5 Å². The molecule has 0 fully saturated rings. The fourth-order valence-electron chi connectivity index (χ4n) is 4.71. The van der Waals surface area contributed by atoms with Crippen LogP contribution in [-0.4, -0.2) is 32.2 Å². The number of aromatic amines is 2. The third-order valence-corrected chi connectivity index (χ3v) is 6.14. The minimum Gasteiger partial charge on any atom is -0.357 e. The number of nitrogens with zero attached hydrogens (tertiary/aromatic N) is 3. The van der Waals surface area contributed by atoms with Crippen molar-refractivity contribution >= 4 is 21.8 Å². The summed E-state index contributed by atoms with van der Waals surface area (Å²) < 4.78 is 3.87. The molecule has 0 saturated carbocycles. The molecule has 0 bridgehead atoms. The molecule has 3 heterocycles. The predicted molar refractivity (Wildman–Crippen MR) is 132 cm³/mol. The second-order valence-electron chi connectivity index (χ2n) is 8.21. The van der Waals surface area contributed by atoms with E-state index < -0.39 is 0 Å². The molecule has 166 valence electrons. The summed E-state index contributed by atoms with van der Waals surface area (Å²) in [5.74, 6) is 0. The summed E-state index contributed by atoms with van der Waals surface area (Å²) in [5, 5.41) is 15.2. The molecule has 0 saturated heterocycles. The average Bonchev–Trinajstić information content (AvgIpc) is 3.46. The first-order valence-corrected chi connectivity index (χ1v) is 11.3. The van der Waals surface area contributed by atoms with Crippen LogP contribution in [0.5, 0.6) is 0 Å². The molecule has 0 aliphatic heterocycles. The molecule has 2 aromatic carbocycles. The summed E-state index contributed by atoms with van der Waals surface area (Å²) >= 11 is 0. The highest BCUT2D eigenvalue weighted by Crippen LogP contribution is 2.35. The number of nitrogens with one attached hydrogen (secondary N) is 3. The summed E-state index contributed by atoms with van der Waals surface area (Å²) in [6.07, 6.45) is 3.05. The number of aromatic nitrogens is 4. The lowest BCUT2D eigenvalue weighted by atomic mass is 10.1. The van der Waals surface area contributed by atoms with Crippen LogP contribution in [0.2, 0.25) is 0 Å². The lowest BCUT2D eigenvalue weighted by molar-refractivity contribution is 0.604. The summed E-state index contributed by atoms with van der Waals surface area (Å²) in [7, 11) is 0. The van der Waals surface area contributed by atoms with Crippen LogP contribution in [0.4, 0.5) is 0 Å². The number of H-pyrrole nitrogens is 2. The highest BCUT2D eigenvalue weighted by molar-refractivity contribution is 5.98. The predicted octanol–water partition coefficient (Wildman–Crippen LogP) is 4.45. The molecule has 5 aromatic rings. The second-order valence-corrected chi connectivity index (χ2v) is 8.21. The van der Waals surface area contributed by atoms with Crippen molar-refractivity contribution in [3.63, 3.8) is 0 Å². The second kappa shape index (κ2) is 8.49. The molecule has 0 unspecified atom stereocenters. The van der Waals surface area contributed by atoms with E-state index in [-0.39, 0.29) is 11.4 Å². The van der Waals surface area contributed by atoms with Gasteiger partial charge in [0.05, 0.1) is 11.4 Å². The van der Waals surface area contributed by atoms with E-state index in [0.29, 0.717) is 5.69 Å². The Morgan fingerprint density at radius 3 is 2.61 bits per heavy atom. The lowest BCUT2D eigenvalue weighted by Crippen LogP contribution is -2.16. The third kappa shape index (κ3) is 3.45. The number of rotatable bonds is 7. The number of para-hydroxylation sites is 2. The fourth-order valence-corrected chi connectivity index (χ4v) is 4.71. The first-order valence-electron chi connectivity index (χ1n) is 11.3. The van der Waals surface area contributed by atoms with Crippen molar-refractivity contribution in [3.05, 3.63) is 76.6 Å². The zero-order valence-electron chi connectivity index (χ0n) is 18.8. The normalized spacial score (nSPS) is 11.4. The van der Waals surface area contributed by atoms with Gasteiger partial charge in [0.15, 0.2) is 0 Å². The largest absolute Gasteiger partial charge is 0.357 e. The van der Waals surface area contributed by atoms with Crippen molar-refractivity contribution < 1.29 is 0 Å². The molecule has 0 radical (unpaired) electrons. The van der Waals surface area contributed by atoms with Gasteiger partial charge >= 0.3 is 5.69 Å². The van der Waals surface area contributed by atoms with Crippen molar-refractivity contribution in [1.82, 2.24) is 24.4 Å². The van der Waals surface area contributed by atoms with Crippen LogP contribution in [0, 0.1) is 18.3 Å². The Kier molecular flexibility index (Phi) is 5.37. The van der Waals surface area contributed by atoms with E-state index in [1.54, 1.807) is 4.57 Å². The van der Waals surface area contributed by atoms with E-state index in [1.165, 1.54) is 0 Å². The number of nitriles is 1. The average molecular weight is 439 g/mol. The van der Waals surface area contributed by atoms with E-state index in [1.807, 2.05) is 43.3 Å². The molecule has 0 aliphatic rings. The number of benzene rings is 2. The zero-order valence-corrected chi connectivity index (χ0v) is 18.8. The maximum atomic E-state index is 13.2. The van der Waals surface area contributed by atoms with Gasteiger partial charge in [0.1, 0.15) is 11.8 Å². The Bertz CT molecular complexity index is 1560. The number of hydrogen-bond donors (Lipinski definition) is 3. The minimum atomic E-state index is -0.321. The molecular formula is C26H26N6O. The molecule has 0 amide bonds. The first kappa shape index (κ1) is 20.9. The van der Waals surface area contributed by atoms with Crippen LogP contribution in [0.1, 0.15) is 24.7 Å². The maximum Gasteiger partial charge on any atom is 0.331 e. The molecular weight excluding hydrogens is 412 g/mol. The molecule has 7 heteroatoms. The van der Waals surface area contributed by atoms with Crippen LogP contribution in [0.25, 0.3) is 38.8 Å². The van der Waals surface area contributed by atoms with Crippen molar-refractivity contribution in [1.29, 1.82) is 5.26 Å². The highest BCUT2D eigenvalue weighted by Gasteiger charge is 2.24. The molecule has 3 N–H and O–H groups in total. The summed E-state index contributed by atoms with van der Waals surface area (Å²) in [4.78, 5) is 19.4. The number of hydrogen-bond acceptors (Lipinski definition) is 3. The van der Waals surface area contributed by atoms with E-state index in [4.69, 9.17) is 0 Å². The minimum absolute atomic E-state index is 0.264. The van der Waals surface area contributed by atoms with Crippen molar-refractivity contribution in [2.45, 2.75) is 26.8 Å². The van der Waals surface area contributed by atoms with Crippen LogP contribution < -0.4 is 11.0 Å². The lowest BCUT2D eigenvalue weighted by Gasteiger charge is -2.08. The van der Waals surface area contributed by atoms with Gasteiger partial charge in [0.25, 0.3) is 0 Å². The zero-order chi connectivity index (χ0) is 22.9. The fraction of sp³-hybridized carbons (Fsp3) is 0.231. The first-order chi connectivity index (χ1) is 16.1. The summed E-state index contributed by atoms with van der Waals surface area (Å²) in [5.41, 5.74) is 5.09. The monoisotopic (exact) mass is 438 g/mol. The summed E-state index contributed by atoms with van der Waals surface area (Å²) in [6, 6.07) is 18.3. The Labute approximate surface area is 191 Å². The summed E-state index contributed by atoms with van der Waals surface area (Å²) in [6.45, 7) is 6.78. The maximum absolute atomic E-state index is 13.2. The van der Waals surface area contributed by atoms with Gasteiger partial charge in [-0.2, -0.15) is 5.26 Å². The topological polar surface area (TPSA) is 94.3 Å². The molecule has 0 spiro atoms. The van der Waals surface area contributed by atoms with E-state index >= 15 is 0 Å². The molecule has 7 nitrogen and oxygen atoms in total. The third-order valence-electron chi connectivity index (χ3n) is 6.14. The quantitative estimate of drug-likeness (QED) is 0.328. The van der Waals surface area contributed by atoms with Gasteiger partial charge in [-0.3, -0.25) is 9.55 Å². The molecule has 0 atom stereocenters. The van der Waals surface area contributed by atoms with Crippen LogP contribution in [-0.2, 0) is 6.54 Å². The number of aryl methyl sites for hydroxylation is 2. The Morgan fingerprint density at radius 2 is 1.82 bits per heavy atom. The van der Waals surface area contributed by atoms with Crippen molar-refractivity contribution in [2.75, 3.05) is 13.1 Å². The number of imidazole rings is 1. The number of fused-ring (bicyclic) bond motifs is 2. The van der Waals surface area contributed by atoms with Gasteiger partial charge in [0, 0.05) is 45.8 Å².